The Morgan fingerprint density at radius 2 is 1.61 bits per heavy atom. The number of fused-ring (bicyclic) bond motifs is 1. The van der Waals surface area contributed by atoms with Crippen LogP contribution in [-0.4, -0.2) is 59.3 Å². The third-order valence-electron chi connectivity index (χ3n) is 6.98. The summed E-state index contributed by atoms with van der Waals surface area (Å²) < 4.78 is 29.2. The number of aromatic nitrogens is 2. The van der Waals surface area contributed by atoms with Crippen LogP contribution in [0.3, 0.4) is 0 Å². The highest BCUT2D eigenvalue weighted by atomic mass is 32.2. The van der Waals surface area contributed by atoms with Crippen molar-refractivity contribution in [3.05, 3.63) is 66.0 Å². The molecule has 8 heteroatoms. The van der Waals surface area contributed by atoms with Crippen molar-refractivity contribution in [2.75, 3.05) is 26.2 Å². The number of carbonyl (C=O) groups is 1. The van der Waals surface area contributed by atoms with E-state index in [2.05, 4.69) is 11.2 Å². The summed E-state index contributed by atoms with van der Waals surface area (Å²) in [5.74, 6) is 0.320. The zero-order valence-electron chi connectivity index (χ0n) is 18.8. The van der Waals surface area contributed by atoms with Gasteiger partial charge >= 0.3 is 0 Å². The molecule has 174 valence electrons. The number of nitrogens with zero attached hydrogens (tertiary/aromatic N) is 4. The largest absolute Gasteiger partial charge is 0.339 e. The summed E-state index contributed by atoms with van der Waals surface area (Å²) in [4.78, 5) is 15.5. The Kier molecular flexibility index (Phi) is 6.21. The van der Waals surface area contributed by atoms with Crippen molar-refractivity contribution >= 4 is 21.4 Å². The predicted molar refractivity (Wildman–Crippen MR) is 127 cm³/mol. The van der Waals surface area contributed by atoms with Gasteiger partial charge in [-0.1, -0.05) is 31.0 Å². The van der Waals surface area contributed by atoms with Gasteiger partial charge in [-0.3, -0.25) is 4.79 Å². The average Bonchev–Trinajstić information content (AvgIpc) is 3.08. The second-order valence-electron chi connectivity index (χ2n) is 9.05. The molecule has 3 aromatic rings. The Bertz CT molecular complexity index is 1220. The van der Waals surface area contributed by atoms with Gasteiger partial charge in [0.2, 0.25) is 10.0 Å². The summed E-state index contributed by atoms with van der Waals surface area (Å²) in [5, 5.41) is 4.40. The molecular formula is C25H30N4O3S. The van der Waals surface area contributed by atoms with Gasteiger partial charge in [-0.2, -0.15) is 9.40 Å². The number of sulfonamides is 1. The molecule has 2 fully saturated rings. The van der Waals surface area contributed by atoms with E-state index in [4.69, 9.17) is 0 Å². The third-order valence-corrected chi connectivity index (χ3v) is 8.89. The molecule has 0 N–H and O–H groups in total. The first-order valence-electron chi connectivity index (χ1n) is 11.9. The summed E-state index contributed by atoms with van der Waals surface area (Å²) in [6.45, 7) is 2.60. The van der Waals surface area contributed by atoms with Crippen molar-refractivity contribution in [3.63, 3.8) is 0 Å². The molecule has 2 aliphatic rings. The number of likely N-dealkylation sites (tertiary alicyclic amines) is 1. The van der Waals surface area contributed by atoms with Crippen molar-refractivity contribution in [1.82, 2.24) is 18.8 Å². The molecule has 4 heterocycles. The van der Waals surface area contributed by atoms with Crippen LogP contribution in [0.25, 0.3) is 5.52 Å². The molecule has 0 saturated carbocycles. The fourth-order valence-corrected chi connectivity index (χ4v) is 6.52. The van der Waals surface area contributed by atoms with Crippen LogP contribution >= 0.6 is 0 Å². The molecule has 0 bridgehead atoms. The summed E-state index contributed by atoms with van der Waals surface area (Å²) in [5.41, 5.74) is 2.63. The third kappa shape index (κ3) is 4.42. The number of benzene rings is 1. The van der Waals surface area contributed by atoms with Gasteiger partial charge in [-0.25, -0.2) is 12.9 Å². The van der Waals surface area contributed by atoms with E-state index in [1.807, 2.05) is 23.2 Å². The fraction of sp³-hybridized carbons (Fsp3) is 0.440. The lowest BCUT2D eigenvalue weighted by atomic mass is 9.90. The number of pyridine rings is 1. The van der Waals surface area contributed by atoms with E-state index < -0.39 is 10.0 Å². The molecule has 0 spiro atoms. The van der Waals surface area contributed by atoms with E-state index in [9.17, 15) is 13.2 Å². The lowest BCUT2D eigenvalue weighted by Gasteiger charge is -2.31. The molecule has 1 aromatic carbocycles. The monoisotopic (exact) mass is 466 g/mol. The zero-order chi connectivity index (χ0) is 22.8. The molecule has 1 amide bonds. The Labute approximate surface area is 195 Å². The van der Waals surface area contributed by atoms with E-state index in [1.54, 1.807) is 39.3 Å². The van der Waals surface area contributed by atoms with Gasteiger partial charge in [0.15, 0.2) is 0 Å². The zero-order valence-corrected chi connectivity index (χ0v) is 19.6. The molecule has 2 aliphatic heterocycles. The van der Waals surface area contributed by atoms with Crippen molar-refractivity contribution in [3.8, 4) is 0 Å². The summed E-state index contributed by atoms with van der Waals surface area (Å²) in [6.07, 6.45) is 9.58. The number of amides is 1. The molecule has 0 radical (unpaired) electrons. The van der Waals surface area contributed by atoms with Gasteiger partial charge in [0, 0.05) is 32.4 Å². The normalized spacial score (nSPS) is 19.0. The second kappa shape index (κ2) is 9.27. The predicted octanol–water partition coefficient (Wildman–Crippen LogP) is 3.92. The maximum absolute atomic E-state index is 13.2. The maximum atomic E-state index is 13.2. The Balaban J connectivity index is 1.33. The van der Waals surface area contributed by atoms with Crippen LogP contribution in [-0.2, 0) is 10.0 Å². The first kappa shape index (κ1) is 22.1. The van der Waals surface area contributed by atoms with E-state index >= 15 is 0 Å². The van der Waals surface area contributed by atoms with Crippen molar-refractivity contribution < 1.29 is 13.2 Å². The van der Waals surface area contributed by atoms with Crippen LogP contribution in [0, 0.1) is 0 Å². The number of hydrogen-bond acceptors (Lipinski definition) is 4. The van der Waals surface area contributed by atoms with Gasteiger partial charge in [-0.15, -0.1) is 0 Å². The topological polar surface area (TPSA) is 75.0 Å². The lowest BCUT2D eigenvalue weighted by molar-refractivity contribution is 0.0763. The van der Waals surface area contributed by atoms with Crippen molar-refractivity contribution in [2.24, 2.45) is 0 Å². The van der Waals surface area contributed by atoms with E-state index in [1.165, 1.54) is 12.8 Å². The van der Waals surface area contributed by atoms with Gasteiger partial charge in [-0.05, 0) is 61.4 Å². The molecule has 0 unspecified atom stereocenters. The minimum absolute atomic E-state index is 0.0628. The molecule has 5 rings (SSSR count). The smallest absolute Gasteiger partial charge is 0.257 e. The standard InChI is InChI=1S/C25H30N4O3S/c30-25(27-13-6-1-2-7-14-27)23-19-26-29-17-12-21(18-24(23)29)20-10-15-28(16-11-20)33(31,32)22-8-4-3-5-9-22/h3-5,8-9,12,17-20H,1-2,6-7,10-11,13-16H2. The Morgan fingerprint density at radius 3 is 2.30 bits per heavy atom. The minimum atomic E-state index is -3.46. The van der Waals surface area contributed by atoms with E-state index in [-0.39, 0.29) is 11.8 Å². The van der Waals surface area contributed by atoms with Crippen LogP contribution in [0.2, 0.25) is 0 Å². The van der Waals surface area contributed by atoms with Crippen molar-refractivity contribution in [2.45, 2.75) is 49.3 Å². The molecule has 0 aliphatic carbocycles. The summed E-state index contributed by atoms with van der Waals surface area (Å²) >= 11 is 0. The highest BCUT2D eigenvalue weighted by Crippen LogP contribution is 2.32. The summed E-state index contributed by atoms with van der Waals surface area (Å²) in [7, 11) is -3.46. The SMILES string of the molecule is O=C(c1cnn2ccc(C3CCN(S(=O)(=O)c4ccccc4)CC3)cc12)N1CCCCCC1. The van der Waals surface area contributed by atoms with Crippen LogP contribution in [0.4, 0.5) is 0 Å². The van der Waals surface area contributed by atoms with E-state index in [0.29, 0.717) is 23.5 Å². The number of carbonyl (C=O) groups excluding carboxylic acids is 1. The Morgan fingerprint density at radius 1 is 0.909 bits per heavy atom. The summed E-state index contributed by atoms with van der Waals surface area (Å²) in [6, 6.07) is 12.8. The first-order chi connectivity index (χ1) is 16.0. The van der Waals surface area contributed by atoms with Crippen LogP contribution in [0.5, 0.6) is 0 Å². The average molecular weight is 467 g/mol. The van der Waals surface area contributed by atoms with Crippen LogP contribution in [0.1, 0.15) is 60.4 Å². The molecular weight excluding hydrogens is 436 g/mol. The van der Waals surface area contributed by atoms with E-state index in [0.717, 1.165) is 49.9 Å². The van der Waals surface area contributed by atoms with Gasteiger partial charge in [0.05, 0.1) is 22.2 Å². The van der Waals surface area contributed by atoms with Crippen LogP contribution < -0.4 is 0 Å². The van der Waals surface area contributed by atoms with Gasteiger partial charge in [0.1, 0.15) is 0 Å². The van der Waals surface area contributed by atoms with Crippen molar-refractivity contribution in [1.29, 1.82) is 0 Å². The number of rotatable bonds is 4. The quantitative estimate of drug-likeness (QED) is 0.584. The highest BCUT2D eigenvalue weighted by molar-refractivity contribution is 7.89. The first-order valence-corrected chi connectivity index (χ1v) is 13.3. The number of hydrogen-bond donors (Lipinski definition) is 0. The molecule has 33 heavy (non-hydrogen) atoms. The van der Waals surface area contributed by atoms with Crippen LogP contribution in [0.15, 0.2) is 59.8 Å². The van der Waals surface area contributed by atoms with Gasteiger partial charge < -0.3 is 4.90 Å². The second-order valence-corrected chi connectivity index (χ2v) is 11.0. The maximum Gasteiger partial charge on any atom is 0.257 e. The minimum Gasteiger partial charge on any atom is -0.339 e. The highest BCUT2D eigenvalue weighted by Gasteiger charge is 2.30. The fourth-order valence-electron chi connectivity index (χ4n) is 5.03. The lowest BCUT2D eigenvalue weighted by Crippen LogP contribution is -2.37. The molecule has 0 atom stereocenters. The van der Waals surface area contributed by atoms with Gasteiger partial charge in [0.25, 0.3) is 5.91 Å². The molecule has 2 aromatic heterocycles. The number of piperidine rings is 1. The molecule has 2 saturated heterocycles. The molecule has 7 nitrogen and oxygen atoms in total. The Hall–Kier alpha value is -2.71.